The van der Waals surface area contributed by atoms with E-state index >= 15 is 0 Å². The summed E-state index contributed by atoms with van der Waals surface area (Å²) in [4.78, 5) is 28.2. The SMILES string of the molecule is CC(=O)c1cc2c3c4c(c(O)cc3n(CCCN(C)C)c2cc1O)C(=O)N(C)C4. The van der Waals surface area contributed by atoms with Crippen molar-refractivity contribution in [3.05, 3.63) is 34.9 Å². The fourth-order valence-electron chi connectivity index (χ4n) is 4.32. The van der Waals surface area contributed by atoms with E-state index in [1.54, 1.807) is 30.1 Å². The van der Waals surface area contributed by atoms with E-state index < -0.39 is 0 Å². The molecule has 0 bridgehead atoms. The Hall–Kier alpha value is -3.06. The fourth-order valence-corrected chi connectivity index (χ4v) is 4.32. The molecule has 29 heavy (non-hydrogen) atoms. The van der Waals surface area contributed by atoms with Crippen molar-refractivity contribution in [2.24, 2.45) is 0 Å². The van der Waals surface area contributed by atoms with Gasteiger partial charge in [-0.3, -0.25) is 9.59 Å². The van der Waals surface area contributed by atoms with Gasteiger partial charge in [0, 0.05) is 43.0 Å². The number of carbonyl (C=O) groups is 2. The van der Waals surface area contributed by atoms with Crippen molar-refractivity contribution < 1.29 is 19.8 Å². The minimum Gasteiger partial charge on any atom is -0.507 e. The molecule has 0 radical (unpaired) electrons. The van der Waals surface area contributed by atoms with E-state index in [4.69, 9.17) is 0 Å². The lowest BCUT2D eigenvalue weighted by Gasteiger charge is -2.12. The highest BCUT2D eigenvalue weighted by Crippen LogP contribution is 2.42. The first-order valence-electron chi connectivity index (χ1n) is 9.65. The number of hydrogen-bond donors (Lipinski definition) is 2. The molecule has 3 aromatic rings. The second-order valence-electron chi connectivity index (χ2n) is 8.06. The predicted octanol–water partition coefficient (Wildman–Crippen LogP) is 2.95. The van der Waals surface area contributed by atoms with Gasteiger partial charge in [-0.25, -0.2) is 0 Å². The van der Waals surface area contributed by atoms with Gasteiger partial charge in [-0.15, -0.1) is 0 Å². The molecule has 0 spiro atoms. The summed E-state index contributed by atoms with van der Waals surface area (Å²) in [6.07, 6.45) is 0.873. The molecule has 0 unspecified atom stereocenters. The first-order valence-corrected chi connectivity index (χ1v) is 9.65. The number of phenols is 2. The zero-order chi connectivity index (χ0) is 21.0. The van der Waals surface area contributed by atoms with E-state index in [2.05, 4.69) is 9.47 Å². The summed E-state index contributed by atoms with van der Waals surface area (Å²) >= 11 is 0. The molecule has 4 rings (SSSR count). The van der Waals surface area contributed by atoms with Crippen LogP contribution >= 0.6 is 0 Å². The molecule has 2 aromatic carbocycles. The Kier molecular flexibility index (Phi) is 4.50. The molecular formula is C22H25N3O4. The van der Waals surface area contributed by atoms with Crippen LogP contribution in [0.2, 0.25) is 0 Å². The normalized spacial score (nSPS) is 13.8. The minimum absolute atomic E-state index is 0.0328. The smallest absolute Gasteiger partial charge is 0.258 e. The maximum atomic E-state index is 12.5. The second-order valence-corrected chi connectivity index (χ2v) is 8.06. The maximum Gasteiger partial charge on any atom is 0.258 e. The number of phenolic OH excluding ortho intramolecular Hbond substituents is 2. The molecule has 1 amide bonds. The van der Waals surface area contributed by atoms with Gasteiger partial charge >= 0.3 is 0 Å². The van der Waals surface area contributed by atoms with Gasteiger partial charge in [0.1, 0.15) is 11.5 Å². The number of Topliss-reactive ketones (excluding diaryl/α,β-unsaturated/α-hetero) is 1. The summed E-state index contributed by atoms with van der Waals surface area (Å²) in [5, 5.41) is 22.7. The molecule has 1 aliphatic heterocycles. The Morgan fingerprint density at radius 3 is 2.48 bits per heavy atom. The Morgan fingerprint density at radius 2 is 1.83 bits per heavy atom. The Balaban J connectivity index is 2.06. The van der Waals surface area contributed by atoms with Gasteiger partial charge in [0.15, 0.2) is 5.78 Å². The quantitative estimate of drug-likeness (QED) is 0.649. The molecule has 7 nitrogen and oxygen atoms in total. The molecule has 0 atom stereocenters. The number of aryl methyl sites for hydroxylation is 1. The fraction of sp³-hybridized carbons (Fsp3) is 0.364. The summed E-state index contributed by atoms with van der Waals surface area (Å²) in [5.74, 6) is -0.523. The van der Waals surface area contributed by atoms with Crippen molar-refractivity contribution in [3.63, 3.8) is 0 Å². The van der Waals surface area contributed by atoms with Gasteiger partial charge < -0.3 is 24.6 Å². The van der Waals surface area contributed by atoms with Gasteiger partial charge in [0.05, 0.1) is 22.2 Å². The van der Waals surface area contributed by atoms with Gasteiger partial charge in [-0.1, -0.05) is 0 Å². The van der Waals surface area contributed by atoms with Crippen molar-refractivity contribution >= 4 is 33.5 Å². The van der Waals surface area contributed by atoms with Crippen LogP contribution in [0.1, 0.15) is 39.6 Å². The van der Waals surface area contributed by atoms with Gasteiger partial charge in [-0.2, -0.15) is 0 Å². The number of nitrogens with zero attached hydrogens (tertiary/aromatic N) is 3. The predicted molar refractivity (Wildman–Crippen MR) is 112 cm³/mol. The van der Waals surface area contributed by atoms with Crippen molar-refractivity contribution in [2.75, 3.05) is 27.7 Å². The van der Waals surface area contributed by atoms with Crippen LogP contribution in [0.5, 0.6) is 11.5 Å². The highest BCUT2D eigenvalue weighted by atomic mass is 16.3. The number of benzene rings is 2. The van der Waals surface area contributed by atoms with Crippen molar-refractivity contribution in [1.82, 2.24) is 14.4 Å². The molecule has 0 saturated carbocycles. The van der Waals surface area contributed by atoms with Crippen LogP contribution in [0.15, 0.2) is 18.2 Å². The van der Waals surface area contributed by atoms with Gasteiger partial charge in [-0.05, 0) is 45.6 Å². The molecule has 7 heteroatoms. The molecule has 1 aliphatic rings. The molecule has 152 valence electrons. The third-order valence-corrected chi connectivity index (χ3v) is 5.68. The van der Waals surface area contributed by atoms with Crippen molar-refractivity contribution in [3.8, 4) is 11.5 Å². The van der Waals surface area contributed by atoms with Crippen molar-refractivity contribution in [1.29, 1.82) is 0 Å². The summed E-state index contributed by atoms with van der Waals surface area (Å²) in [6.45, 7) is 3.38. The third-order valence-electron chi connectivity index (χ3n) is 5.68. The Morgan fingerprint density at radius 1 is 1.14 bits per heavy atom. The average Bonchev–Trinajstić information content (AvgIpc) is 3.09. The van der Waals surface area contributed by atoms with Crippen LogP contribution in [-0.2, 0) is 13.1 Å². The number of hydrogen-bond acceptors (Lipinski definition) is 5. The van der Waals surface area contributed by atoms with E-state index in [0.717, 1.165) is 40.3 Å². The minimum atomic E-state index is -0.221. The lowest BCUT2D eigenvalue weighted by atomic mass is 9.99. The largest absolute Gasteiger partial charge is 0.507 e. The summed E-state index contributed by atoms with van der Waals surface area (Å²) in [5.41, 5.74) is 2.94. The molecular weight excluding hydrogens is 370 g/mol. The van der Waals surface area contributed by atoms with Crippen LogP contribution in [0, 0.1) is 0 Å². The number of rotatable bonds is 5. The summed E-state index contributed by atoms with van der Waals surface area (Å²) in [6, 6.07) is 4.95. The number of fused-ring (bicyclic) bond motifs is 5. The Bertz CT molecular complexity index is 1180. The van der Waals surface area contributed by atoms with Crippen molar-refractivity contribution in [2.45, 2.75) is 26.4 Å². The van der Waals surface area contributed by atoms with Crippen LogP contribution in [0.4, 0.5) is 0 Å². The molecule has 2 heterocycles. The monoisotopic (exact) mass is 395 g/mol. The van der Waals surface area contributed by atoms with Gasteiger partial charge in [0.2, 0.25) is 0 Å². The number of aromatic nitrogens is 1. The summed E-state index contributed by atoms with van der Waals surface area (Å²) in [7, 11) is 5.73. The zero-order valence-corrected chi connectivity index (χ0v) is 17.1. The average molecular weight is 395 g/mol. The van der Waals surface area contributed by atoms with E-state index in [-0.39, 0.29) is 28.8 Å². The topological polar surface area (TPSA) is 86.0 Å². The lowest BCUT2D eigenvalue weighted by Crippen LogP contribution is -2.17. The van der Waals surface area contributed by atoms with Gasteiger partial charge in [0.25, 0.3) is 5.91 Å². The molecule has 0 saturated heterocycles. The number of amides is 1. The molecule has 2 N–H and O–H groups in total. The zero-order valence-electron chi connectivity index (χ0n) is 17.1. The molecule has 0 aliphatic carbocycles. The summed E-state index contributed by atoms with van der Waals surface area (Å²) < 4.78 is 2.06. The molecule has 1 aromatic heterocycles. The van der Waals surface area contributed by atoms with E-state index in [9.17, 15) is 19.8 Å². The van der Waals surface area contributed by atoms with Crippen LogP contribution in [0.25, 0.3) is 21.8 Å². The third kappa shape index (κ3) is 2.93. The van der Waals surface area contributed by atoms with E-state index in [1.807, 2.05) is 14.1 Å². The van der Waals surface area contributed by atoms with E-state index in [1.165, 1.54) is 6.92 Å². The highest BCUT2D eigenvalue weighted by molar-refractivity contribution is 6.17. The van der Waals surface area contributed by atoms with Crippen LogP contribution < -0.4 is 0 Å². The second kappa shape index (κ2) is 6.77. The number of carbonyl (C=O) groups excluding carboxylic acids is 2. The first-order chi connectivity index (χ1) is 13.7. The van der Waals surface area contributed by atoms with Crippen LogP contribution in [-0.4, -0.2) is 64.0 Å². The number of aromatic hydroxyl groups is 2. The highest BCUT2D eigenvalue weighted by Gasteiger charge is 2.32. The standard InChI is InChI=1S/C22H25N3O4/c1-12(26)13-8-14-16(9-18(13)27)25(7-5-6-23(2)3)17-10-19(28)21-15(20(14)17)11-24(4)22(21)29/h8-10,27-28H,5-7,11H2,1-4H3. The Labute approximate surface area is 168 Å². The first kappa shape index (κ1) is 19.3. The van der Waals surface area contributed by atoms with E-state index in [0.29, 0.717) is 18.7 Å². The maximum absolute atomic E-state index is 12.5. The van der Waals surface area contributed by atoms with Crippen LogP contribution in [0.3, 0.4) is 0 Å². The number of ketones is 1. The lowest BCUT2D eigenvalue weighted by molar-refractivity contribution is 0.0814. The molecule has 0 fully saturated rings.